The molecule has 0 saturated carbocycles. The number of ether oxygens (including phenoxy) is 2. The second kappa shape index (κ2) is 10.2. The van der Waals surface area contributed by atoms with Gasteiger partial charge in [0.15, 0.2) is 12.7 Å². The van der Waals surface area contributed by atoms with Crippen molar-refractivity contribution in [3.8, 4) is 11.5 Å². The summed E-state index contributed by atoms with van der Waals surface area (Å²) in [4.78, 5) is 24.1. The van der Waals surface area contributed by atoms with E-state index in [1.54, 1.807) is 30.3 Å². The fourth-order valence-electron chi connectivity index (χ4n) is 2.09. The van der Waals surface area contributed by atoms with Gasteiger partial charge in [-0.05, 0) is 59.6 Å². The highest BCUT2D eigenvalue weighted by molar-refractivity contribution is 9.10. The number of amides is 2. The summed E-state index contributed by atoms with van der Waals surface area (Å²) < 4.78 is 11.7. The van der Waals surface area contributed by atoms with E-state index in [0.717, 1.165) is 5.56 Å². The number of benzene rings is 2. The predicted octanol–water partition coefficient (Wildman–Crippen LogP) is 3.79. The number of carbonyl (C=O) groups is 2. The van der Waals surface area contributed by atoms with Crippen molar-refractivity contribution < 1.29 is 19.1 Å². The molecule has 2 rings (SSSR count). The molecule has 144 valence electrons. The minimum atomic E-state index is -0.723. The van der Waals surface area contributed by atoms with Gasteiger partial charge in [0.05, 0.1) is 4.47 Å². The number of nitrogens with one attached hydrogen (secondary N) is 2. The molecule has 0 aliphatic carbocycles. The summed E-state index contributed by atoms with van der Waals surface area (Å²) in [5.74, 6) is 0.106. The molecule has 6 nitrogen and oxygen atoms in total. The van der Waals surface area contributed by atoms with Crippen molar-refractivity contribution in [3.63, 3.8) is 0 Å². The van der Waals surface area contributed by atoms with Gasteiger partial charge >= 0.3 is 0 Å². The van der Waals surface area contributed by atoms with Crippen LogP contribution in [0, 0.1) is 6.92 Å². The minimum absolute atomic E-state index is 0.268. The fourth-order valence-corrected chi connectivity index (χ4v) is 2.88. The van der Waals surface area contributed by atoms with Crippen LogP contribution < -0.4 is 20.3 Å². The maximum absolute atomic E-state index is 12.2. The Kier molecular flexibility index (Phi) is 7.94. The van der Waals surface area contributed by atoms with E-state index in [0.29, 0.717) is 27.4 Å². The highest BCUT2D eigenvalue weighted by Crippen LogP contribution is 2.27. The summed E-state index contributed by atoms with van der Waals surface area (Å²) in [6, 6.07) is 12.3. The standard InChI is InChI=1S/C19H20BrClN2O4/c1-3-16(27-14-7-4-12(2)5-8-14)19(25)23-22-18(24)11-26-17-9-6-13(21)10-15(17)20/h4-10,16H,3,11H2,1-2H3,(H,22,24)(H,23,25). The lowest BCUT2D eigenvalue weighted by atomic mass is 10.2. The van der Waals surface area contributed by atoms with Gasteiger partial charge in [0.1, 0.15) is 11.5 Å². The third-order valence-corrected chi connectivity index (χ3v) is 4.40. The zero-order chi connectivity index (χ0) is 19.8. The van der Waals surface area contributed by atoms with Crippen LogP contribution in [0.15, 0.2) is 46.9 Å². The van der Waals surface area contributed by atoms with Crippen LogP contribution in [0.4, 0.5) is 0 Å². The van der Waals surface area contributed by atoms with Crippen molar-refractivity contribution in [2.24, 2.45) is 0 Å². The van der Waals surface area contributed by atoms with E-state index < -0.39 is 17.9 Å². The molecular weight excluding hydrogens is 436 g/mol. The number of rotatable bonds is 7. The smallest absolute Gasteiger partial charge is 0.279 e. The van der Waals surface area contributed by atoms with Gasteiger partial charge < -0.3 is 9.47 Å². The molecule has 0 spiro atoms. The van der Waals surface area contributed by atoms with Crippen LogP contribution in [0.1, 0.15) is 18.9 Å². The molecule has 1 unspecified atom stereocenters. The molecule has 0 aliphatic rings. The summed E-state index contributed by atoms with van der Waals surface area (Å²) >= 11 is 9.15. The van der Waals surface area contributed by atoms with Crippen LogP contribution in [-0.2, 0) is 9.59 Å². The SMILES string of the molecule is CCC(Oc1ccc(C)cc1)C(=O)NNC(=O)COc1ccc(Cl)cc1Br. The molecule has 8 heteroatoms. The zero-order valence-electron chi connectivity index (χ0n) is 14.9. The van der Waals surface area contributed by atoms with Crippen LogP contribution in [-0.4, -0.2) is 24.5 Å². The highest BCUT2D eigenvalue weighted by atomic mass is 79.9. The monoisotopic (exact) mass is 454 g/mol. The molecule has 2 N–H and O–H groups in total. The topological polar surface area (TPSA) is 76.7 Å². The highest BCUT2D eigenvalue weighted by Gasteiger charge is 2.19. The molecule has 2 aromatic rings. The van der Waals surface area contributed by atoms with Gasteiger partial charge in [-0.1, -0.05) is 36.2 Å². The Labute approximate surface area is 171 Å². The Morgan fingerprint density at radius 3 is 2.48 bits per heavy atom. The van der Waals surface area contributed by atoms with Gasteiger partial charge in [-0.25, -0.2) is 0 Å². The van der Waals surface area contributed by atoms with Crippen molar-refractivity contribution >= 4 is 39.3 Å². The van der Waals surface area contributed by atoms with Gasteiger partial charge in [-0.15, -0.1) is 0 Å². The fraction of sp³-hybridized carbons (Fsp3) is 0.263. The van der Waals surface area contributed by atoms with Crippen molar-refractivity contribution in [2.45, 2.75) is 26.4 Å². The third kappa shape index (κ3) is 6.77. The first-order chi connectivity index (χ1) is 12.9. The second-order valence-electron chi connectivity index (χ2n) is 5.73. The summed E-state index contributed by atoms with van der Waals surface area (Å²) in [5, 5.41) is 0.546. The molecule has 0 fully saturated rings. The molecule has 0 bridgehead atoms. The average Bonchev–Trinajstić information content (AvgIpc) is 2.65. The average molecular weight is 456 g/mol. The largest absolute Gasteiger partial charge is 0.483 e. The van der Waals surface area contributed by atoms with E-state index in [1.807, 2.05) is 26.0 Å². The van der Waals surface area contributed by atoms with Crippen LogP contribution in [0.5, 0.6) is 11.5 Å². The maximum Gasteiger partial charge on any atom is 0.279 e. The molecular formula is C19H20BrClN2O4. The molecule has 1 atom stereocenters. The first kappa shape index (κ1) is 21.1. The number of aryl methyl sites for hydroxylation is 1. The Bertz CT molecular complexity index is 799. The maximum atomic E-state index is 12.2. The first-order valence-corrected chi connectivity index (χ1v) is 9.46. The Morgan fingerprint density at radius 1 is 1.15 bits per heavy atom. The molecule has 0 radical (unpaired) electrons. The van der Waals surface area contributed by atoms with Gasteiger partial charge in [-0.3, -0.25) is 20.4 Å². The molecule has 2 amide bonds. The van der Waals surface area contributed by atoms with E-state index in [2.05, 4.69) is 26.8 Å². The first-order valence-electron chi connectivity index (χ1n) is 8.29. The summed E-state index contributed by atoms with van der Waals surface area (Å²) in [7, 11) is 0. The second-order valence-corrected chi connectivity index (χ2v) is 7.02. The molecule has 0 aliphatic heterocycles. The Hall–Kier alpha value is -2.25. The molecule has 2 aromatic carbocycles. The number of hydrazine groups is 1. The lowest BCUT2D eigenvalue weighted by Crippen LogP contribution is -2.49. The number of hydrogen-bond acceptors (Lipinski definition) is 4. The lowest BCUT2D eigenvalue weighted by Gasteiger charge is -2.17. The minimum Gasteiger partial charge on any atom is -0.483 e. The van der Waals surface area contributed by atoms with Gasteiger partial charge in [0.25, 0.3) is 11.8 Å². The molecule has 0 aromatic heterocycles. The van der Waals surface area contributed by atoms with Crippen molar-refractivity contribution in [1.82, 2.24) is 10.9 Å². The Morgan fingerprint density at radius 2 is 1.85 bits per heavy atom. The van der Waals surface area contributed by atoms with Gasteiger partial charge in [0, 0.05) is 5.02 Å². The zero-order valence-corrected chi connectivity index (χ0v) is 17.3. The molecule has 27 heavy (non-hydrogen) atoms. The van der Waals surface area contributed by atoms with E-state index in [1.165, 1.54) is 0 Å². The summed E-state index contributed by atoms with van der Waals surface area (Å²) in [5.41, 5.74) is 5.75. The third-order valence-electron chi connectivity index (χ3n) is 3.54. The lowest BCUT2D eigenvalue weighted by molar-refractivity contribution is -0.134. The van der Waals surface area contributed by atoms with Crippen molar-refractivity contribution in [1.29, 1.82) is 0 Å². The van der Waals surface area contributed by atoms with Gasteiger partial charge in [0.2, 0.25) is 0 Å². The van der Waals surface area contributed by atoms with Crippen molar-refractivity contribution in [2.75, 3.05) is 6.61 Å². The number of hydrogen-bond donors (Lipinski definition) is 2. The number of halogens is 2. The van der Waals surface area contributed by atoms with Crippen LogP contribution in [0.25, 0.3) is 0 Å². The van der Waals surface area contributed by atoms with E-state index in [9.17, 15) is 9.59 Å². The normalized spacial score (nSPS) is 11.4. The van der Waals surface area contributed by atoms with E-state index >= 15 is 0 Å². The molecule has 0 saturated heterocycles. The van der Waals surface area contributed by atoms with Crippen molar-refractivity contribution in [3.05, 3.63) is 57.5 Å². The van der Waals surface area contributed by atoms with E-state index in [4.69, 9.17) is 21.1 Å². The quantitative estimate of drug-likeness (QED) is 0.623. The predicted molar refractivity (Wildman–Crippen MR) is 107 cm³/mol. The van der Waals surface area contributed by atoms with E-state index in [-0.39, 0.29) is 6.61 Å². The van der Waals surface area contributed by atoms with Crippen LogP contribution in [0.2, 0.25) is 5.02 Å². The summed E-state index contributed by atoms with van der Waals surface area (Å²) in [6.07, 6.45) is -0.275. The van der Waals surface area contributed by atoms with Crippen LogP contribution in [0.3, 0.4) is 0 Å². The van der Waals surface area contributed by atoms with Gasteiger partial charge in [-0.2, -0.15) is 0 Å². The molecule has 0 heterocycles. The van der Waals surface area contributed by atoms with Crippen LogP contribution >= 0.6 is 27.5 Å². The number of carbonyl (C=O) groups excluding carboxylic acids is 2. The summed E-state index contributed by atoms with van der Waals surface area (Å²) in [6.45, 7) is 3.52. The Balaban J connectivity index is 1.80.